The van der Waals surface area contributed by atoms with Gasteiger partial charge in [-0.05, 0) is 26.2 Å². The van der Waals surface area contributed by atoms with Gasteiger partial charge in [-0.2, -0.15) is 0 Å². The Bertz CT molecular complexity index is 163. The fourth-order valence-electron chi connectivity index (χ4n) is 2.10. The summed E-state index contributed by atoms with van der Waals surface area (Å²) in [6.45, 7) is 6.05. The van der Waals surface area contributed by atoms with Crippen LogP contribution in [0.25, 0.3) is 0 Å². The van der Waals surface area contributed by atoms with Crippen LogP contribution in [0.1, 0.15) is 84.5 Å². The third kappa shape index (κ3) is 15.7. The lowest BCUT2D eigenvalue weighted by molar-refractivity contribution is 0.152. The van der Waals surface area contributed by atoms with E-state index in [0.717, 1.165) is 19.6 Å². The average molecular weight is 254 g/mol. The predicted octanol–water partition coefficient (Wildman–Crippen LogP) is 5.89. The van der Waals surface area contributed by atoms with Crippen molar-refractivity contribution in [2.45, 2.75) is 84.5 Å². The van der Waals surface area contributed by atoms with E-state index < -0.39 is 0 Å². The van der Waals surface area contributed by atoms with Gasteiger partial charge in [0.2, 0.25) is 0 Å². The van der Waals surface area contributed by atoms with Gasteiger partial charge in [0.05, 0.1) is 0 Å². The molecule has 0 bridgehead atoms. The molecule has 0 aliphatic rings. The van der Waals surface area contributed by atoms with Gasteiger partial charge in [0.25, 0.3) is 0 Å². The van der Waals surface area contributed by atoms with Crippen molar-refractivity contribution in [2.75, 3.05) is 13.2 Å². The molecule has 0 aliphatic heterocycles. The van der Waals surface area contributed by atoms with Crippen LogP contribution in [0.4, 0.5) is 0 Å². The molecule has 0 saturated carbocycles. The van der Waals surface area contributed by atoms with Crippen LogP contribution in [0.15, 0.2) is 12.2 Å². The fourth-order valence-corrected chi connectivity index (χ4v) is 2.10. The molecular formula is C17H34O. The largest absolute Gasteiger partial charge is 0.381 e. The number of allylic oxidation sites excluding steroid dienone is 1. The van der Waals surface area contributed by atoms with Crippen LogP contribution < -0.4 is 0 Å². The Morgan fingerprint density at radius 3 is 1.83 bits per heavy atom. The molecule has 0 aromatic carbocycles. The number of hydrogen-bond donors (Lipinski definition) is 0. The summed E-state index contributed by atoms with van der Waals surface area (Å²) < 4.78 is 5.28. The van der Waals surface area contributed by atoms with E-state index in [4.69, 9.17) is 4.74 Å². The summed E-state index contributed by atoms with van der Waals surface area (Å²) in [5.41, 5.74) is 0. The lowest BCUT2D eigenvalue weighted by atomic mass is 10.1. The van der Waals surface area contributed by atoms with Gasteiger partial charge in [0.1, 0.15) is 0 Å². The lowest BCUT2D eigenvalue weighted by Crippen LogP contribution is -1.90. The van der Waals surface area contributed by atoms with Gasteiger partial charge in [0, 0.05) is 13.2 Å². The van der Waals surface area contributed by atoms with Crippen LogP contribution in [0.3, 0.4) is 0 Å². The van der Waals surface area contributed by atoms with Crippen LogP contribution in [0, 0.1) is 0 Å². The summed E-state index contributed by atoms with van der Waals surface area (Å²) in [6.07, 6.45) is 19.7. The molecule has 0 aliphatic carbocycles. The first kappa shape index (κ1) is 17.7. The molecule has 0 spiro atoms. The zero-order chi connectivity index (χ0) is 13.3. The van der Waals surface area contributed by atoms with E-state index in [1.54, 1.807) is 0 Å². The predicted molar refractivity (Wildman–Crippen MR) is 82.1 cm³/mol. The normalized spacial score (nSPS) is 11.4. The minimum atomic E-state index is 0.839. The van der Waals surface area contributed by atoms with Gasteiger partial charge < -0.3 is 4.74 Å². The quantitative estimate of drug-likeness (QED) is 0.277. The van der Waals surface area contributed by atoms with E-state index in [2.05, 4.69) is 19.1 Å². The summed E-state index contributed by atoms with van der Waals surface area (Å²) in [7, 11) is 0. The highest BCUT2D eigenvalue weighted by atomic mass is 16.5. The van der Waals surface area contributed by atoms with Crippen LogP contribution in [0.5, 0.6) is 0 Å². The van der Waals surface area contributed by atoms with Crippen molar-refractivity contribution in [2.24, 2.45) is 0 Å². The van der Waals surface area contributed by atoms with E-state index in [9.17, 15) is 0 Å². The van der Waals surface area contributed by atoms with E-state index in [1.165, 1.54) is 64.2 Å². The molecule has 0 rings (SSSR count). The third-order valence-electron chi connectivity index (χ3n) is 3.27. The maximum Gasteiger partial charge on any atom is 0.0500 e. The van der Waals surface area contributed by atoms with Crippen molar-refractivity contribution in [3.8, 4) is 0 Å². The first-order chi connectivity index (χ1) is 8.91. The number of hydrogen-bond acceptors (Lipinski definition) is 1. The van der Waals surface area contributed by atoms with Gasteiger partial charge in [-0.25, -0.2) is 0 Å². The standard InChI is InChI=1S/C17H34O/c1-3-5-6-7-8-9-10-11-12-13-14-15-16-17-18-4-2/h14-15H,3-13,16-17H2,1-2H3/b15-14-. The molecule has 0 N–H and O–H groups in total. The van der Waals surface area contributed by atoms with Crippen LogP contribution in [0.2, 0.25) is 0 Å². The molecule has 0 saturated heterocycles. The summed E-state index contributed by atoms with van der Waals surface area (Å²) in [5, 5.41) is 0. The second kappa shape index (κ2) is 16.7. The molecule has 0 heterocycles. The molecule has 18 heavy (non-hydrogen) atoms. The SMILES string of the molecule is CCCCCCCCCCC/C=C\CCOCC. The molecule has 0 aromatic heterocycles. The summed E-state index contributed by atoms with van der Waals surface area (Å²) in [4.78, 5) is 0. The Morgan fingerprint density at radius 1 is 0.667 bits per heavy atom. The molecular weight excluding hydrogens is 220 g/mol. The van der Waals surface area contributed by atoms with Crippen LogP contribution in [-0.4, -0.2) is 13.2 Å². The van der Waals surface area contributed by atoms with Gasteiger partial charge >= 0.3 is 0 Å². The number of unbranched alkanes of at least 4 members (excludes halogenated alkanes) is 9. The second-order valence-electron chi connectivity index (χ2n) is 5.07. The summed E-state index contributed by atoms with van der Waals surface area (Å²) >= 11 is 0. The molecule has 0 aromatic rings. The van der Waals surface area contributed by atoms with Crippen molar-refractivity contribution in [3.05, 3.63) is 12.2 Å². The minimum absolute atomic E-state index is 0.839. The summed E-state index contributed by atoms with van der Waals surface area (Å²) in [6, 6.07) is 0. The highest BCUT2D eigenvalue weighted by Gasteiger charge is 1.91. The van der Waals surface area contributed by atoms with Gasteiger partial charge in [-0.3, -0.25) is 0 Å². The Morgan fingerprint density at radius 2 is 1.22 bits per heavy atom. The summed E-state index contributed by atoms with van der Waals surface area (Å²) in [5.74, 6) is 0. The molecule has 108 valence electrons. The molecule has 0 unspecified atom stereocenters. The van der Waals surface area contributed by atoms with Crippen LogP contribution >= 0.6 is 0 Å². The van der Waals surface area contributed by atoms with Crippen molar-refractivity contribution >= 4 is 0 Å². The molecule has 0 amide bonds. The topological polar surface area (TPSA) is 9.23 Å². The third-order valence-corrected chi connectivity index (χ3v) is 3.27. The first-order valence-electron chi connectivity index (χ1n) is 8.14. The van der Waals surface area contributed by atoms with E-state index in [-0.39, 0.29) is 0 Å². The van der Waals surface area contributed by atoms with Gasteiger partial charge in [-0.1, -0.05) is 70.4 Å². The highest BCUT2D eigenvalue weighted by Crippen LogP contribution is 2.10. The maximum absolute atomic E-state index is 5.28. The maximum atomic E-state index is 5.28. The molecule has 1 nitrogen and oxygen atoms in total. The minimum Gasteiger partial charge on any atom is -0.381 e. The Balaban J connectivity index is 2.98. The smallest absolute Gasteiger partial charge is 0.0500 e. The van der Waals surface area contributed by atoms with Gasteiger partial charge in [0.15, 0.2) is 0 Å². The Labute approximate surface area is 115 Å². The Hall–Kier alpha value is -0.300. The molecule has 0 radical (unpaired) electrons. The fraction of sp³-hybridized carbons (Fsp3) is 0.882. The second-order valence-corrected chi connectivity index (χ2v) is 5.07. The van der Waals surface area contributed by atoms with E-state index >= 15 is 0 Å². The number of rotatable bonds is 14. The van der Waals surface area contributed by atoms with Crippen LogP contribution in [-0.2, 0) is 4.74 Å². The monoisotopic (exact) mass is 254 g/mol. The highest BCUT2D eigenvalue weighted by molar-refractivity contribution is 4.81. The van der Waals surface area contributed by atoms with Crippen molar-refractivity contribution in [1.29, 1.82) is 0 Å². The van der Waals surface area contributed by atoms with Gasteiger partial charge in [-0.15, -0.1) is 0 Å². The molecule has 0 fully saturated rings. The van der Waals surface area contributed by atoms with Crippen molar-refractivity contribution in [1.82, 2.24) is 0 Å². The van der Waals surface area contributed by atoms with Crippen molar-refractivity contribution in [3.63, 3.8) is 0 Å². The first-order valence-corrected chi connectivity index (χ1v) is 8.14. The lowest BCUT2D eigenvalue weighted by Gasteiger charge is -2.00. The number of ether oxygens (including phenoxy) is 1. The Kier molecular flexibility index (Phi) is 16.4. The zero-order valence-electron chi connectivity index (χ0n) is 12.8. The zero-order valence-corrected chi connectivity index (χ0v) is 12.8. The molecule has 0 atom stereocenters. The van der Waals surface area contributed by atoms with E-state index in [1.807, 2.05) is 6.92 Å². The average Bonchev–Trinajstić information content (AvgIpc) is 2.39. The van der Waals surface area contributed by atoms with E-state index in [0.29, 0.717) is 0 Å². The molecule has 1 heteroatoms. The van der Waals surface area contributed by atoms with Crippen molar-refractivity contribution < 1.29 is 4.74 Å².